The first-order valence-corrected chi connectivity index (χ1v) is 5.71. The molecule has 0 aliphatic carbocycles. The summed E-state index contributed by atoms with van der Waals surface area (Å²) in [5.74, 6) is -0.588. The maximum atomic E-state index is 13.3. The van der Waals surface area contributed by atoms with Crippen LogP contribution in [0.15, 0.2) is 16.6 Å². The molecule has 0 aliphatic rings. The number of methoxy groups -OCH3 is 2. The Morgan fingerprint density at radius 3 is 2.61 bits per heavy atom. The number of halogens is 2. The van der Waals surface area contributed by atoms with Crippen molar-refractivity contribution >= 4 is 27.3 Å². The number of nitrogens with one attached hydrogen (secondary N) is 1. The van der Waals surface area contributed by atoms with Crippen molar-refractivity contribution in [2.75, 3.05) is 26.1 Å². The molecule has 0 fully saturated rings. The zero-order valence-corrected chi connectivity index (χ0v) is 11.4. The molecule has 0 saturated heterocycles. The number of ether oxygens (including phenoxy) is 2. The van der Waals surface area contributed by atoms with Gasteiger partial charge in [-0.15, -0.1) is 0 Å². The van der Waals surface area contributed by atoms with E-state index in [0.29, 0.717) is 0 Å². The first-order chi connectivity index (χ1) is 8.49. The Labute approximate surface area is 111 Å². The van der Waals surface area contributed by atoms with E-state index in [4.69, 9.17) is 9.47 Å². The third-order valence-corrected chi connectivity index (χ3v) is 2.83. The SMILES string of the molecule is COC(CNc1cc(F)c(Br)cc1[N+](=O)[O-])OC. The summed E-state index contributed by atoms with van der Waals surface area (Å²) in [6.07, 6.45) is -0.573. The van der Waals surface area contributed by atoms with E-state index >= 15 is 0 Å². The van der Waals surface area contributed by atoms with Crippen LogP contribution in [0.1, 0.15) is 0 Å². The van der Waals surface area contributed by atoms with E-state index in [1.54, 1.807) is 0 Å². The largest absolute Gasteiger partial charge is 0.374 e. The van der Waals surface area contributed by atoms with Gasteiger partial charge in [0.05, 0.1) is 15.9 Å². The van der Waals surface area contributed by atoms with Crippen LogP contribution >= 0.6 is 15.9 Å². The van der Waals surface area contributed by atoms with Crippen molar-refractivity contribution in [3.63, 3.8) is 0 Å². The van der Waals surface area contributed by atoms with E-state index in [9.17, 15) is 14.5 Å². The number of rotatable bonds is 6. The lowest BCUT2D eigenvalue weighted by atomic mass is 10.2. The lowest BCUT2D eigenvalue weighted by Gasteiger charge is -2.15. The van der Waals surface area contributed by atoms with Crippen molar-refractivity contribution in [2.24, 2.45) is 0 Å². The summed E-state index contributed by atoms with van der Waals surface area (Å²) >= 11 is 2.90. The standard InChI is InChI=1S/C10H12BrFN2O4/c1-17-10(18-2)5-13-8-4-7(12)6(11)3-9(8)14(15)16/h3-4,10,13H,5H2,1-2H3. The number of nitro benzene ring substituents is 1. The van der Waals surface area contributed by atoms with Crippen LogP contribution in [0, 0.1) is 15.9 Å². The molecule has 0 spiro atoms. The summed E-state index contributed by atoms with van der Waals surface area (Å²) < 4.78 is 23.2. The van der Waals surface area contributed by atoms with Gasteiger partial charge in [0.2, 0.25) is 0 Å². The molecule has 0 aliphatic heterocycles. The lowest BCUT2D eigenvalue weighted by Crippen LogP contribution is -2.24. The quantitative estimate of drug-likeness (QED) is 0.495. The van der Waals surface area contributed by atoms with Crippen molar-refractivity contribution in [3.05, 3.63) is 32.5 Å². The zero-order valence-electron chi connectivity index (χ0n) is 9.78. The summed E-state index contributed by atoms with van der Waals surface area (Å²) in [6.45, 7) is 0.162. The van der Waals surface area contributed by atoms with Gasteiger partial charge in [-0.1, -0.05) is 0 Å². The van der Waals surface area contributed by atoms with Crippen molar-refractivity contribution in [1.29, 1.82) is 0 Å². The third-order valence-electron chi connectivity index (χ3n) is 2.22. The Morgan fingerprint density at radius 2 is 2.11 bits per heavy atom. The Balaban J connectivity index is 2.93. The second kappa shape index (κ2) is 6.62. The van der Waals surface area contributed by atoms with Gasteiger partial charge >= 0.3 is 0 Å². The molecular weight excluding hydrogens is 311 g/mol. The van der Waals surface area contributed by atoms with Gasteiger partial charge < -0.3 is 14.8 Å². The topological polar surface area (TPSA) is 73.6 Å². The molecule has 0 atom stereocenters. The summed E-state index contributed by atoms with van der Waals surface area (Å²) in [5.41, 5.74) is -0.158. The van der Waals surface area contributed by atoms with Crippen LogP contribution in [0.25, 0.3) is 0 Å². The van der Waals surface area contributed by atoms with Crippen LogP contribution in [-0.4, -0.2) is 32.0 Å². The van der Waals surface area contributed by atoms with Gasteiger partial charge in [-0.3, -0.25) is 10.1 Å². The summed E-state index contributed by atoms with van der Waals surface area (Å²) in [7, 11) is 2.87. The highest BCUT2D eigenvalue weighted by Gasteiger charge is 2.18. The van der Waals surface area contributed by atoms with Crippen LogP contribution in [0.4, 0.5) is 15.8 Å². The summed E-state index contributed by atoms with van der Waals surface area (Å²) in [6, 6.07) is 2.15. The fraction of sp³-hybridized carbons (Fsp3) is 0.400. The maximum Gasteiger partial charge on any atom is 0.293 e. The van der Waals surface area contributed by atoms with Crippen LogP contribution in [-0.2, 0) is 9.47 Å². The molecule has 6 nitrogen and oxygen atoms in total. The Morgan fingerprint density at radius 1 is 1.50 bits per heavy atom. The first kappa shape index (κ1) is 14.8. The fourth-order valence-corrected chi connectivity index (χ4v) is 1.62. The molecule has 1 aromatic rings. The lowest BCUT2D eigenvalue weighted by molar-refractivity contribution is -0.384. The van der Waals surface area contributed by atoms with Gasteiger partial charge in [0, 0.05) is 26.4 Å². The highest BCUT2D eigenvalue weighted by molar-refractivity contribution is 9.10. The molecule has 18 heavy (non-hydrogen) atoms. The van der Waals surface area contributed by atoms with E-state index in [-0.39, 0.29) is 22.4 Å². The van der Waals surface area contributed by atoms with Gasteiger partial charge in [-0.2, -0.15) is 0 Å². The zero-order chi connectivity index (χ0) is 13.7. The third kappa shape index (κ3) is 3.62. The minimum atomic E-state index is -0.596. The fourth-order valence-electron chi connectivity index (χ4n) is 1.29. The predicted molar refractivity (Wildman–Crippen MR) is 67.1 cm³/mol. The van der Waals surface area contributed by atoms with Crippen LogP contribution < -0.4 is 5.32 Å². The van der Waals surface area contributed by atoms with Gasteiger partial charge in [0.25, 0.3) is 5.69 Å². The normalized spacial score (nSPS) is 10.7. The molecule has 0 heterocycles. The van der Waals surface area contributed by atoms with Gasteiger partial charge in [-0.25, -0.2) is 4.39 Å². The average Bonchev–Trinajstić information content (AvgIpc) is 2.34. The minimum absolute atomic E-state index is 0.0368. The summed E-state index contributed by atoms with van der Waals surface area (Å²) in [5, 5.41) is 13.5. The van der Waals surface area contributed by atoms with E-state index in [1.807, 2.05) is 0 Å². The molecule has 0 amide bonds. The Kier molecular flexibility index (Phi) is 5.45. The number of nitro groups is 1. The van der Waals surface area contributed by atoms with E-state index in [0.717, 1.165) is 12.1 Å². The smallest absolute Gasteiger partial charge is 0.293 e. The molecule has 1 N–H and O–H groups in total. The molecule has 100 valence electrons. The maximum absolute atomic E-state index is 13.3. The van der Waals surface area contributed by atoms with Gasteiger partial charge in [-0.05, 0) is 15.9 Å². The molecule has 1 rings (SSSR count). The van der Waals surface area contributed by atoms with Crippen molar-refractivity contribution in [2.45, 2.75) is 6.29 Å². The second-order valence-electron chi connectivity index (χ2n) is 3.32. The van der Waals surface area contributed by atoms with E-state index in [1.165, 1.54) is 14.2 Å². The van der Waals surface area contributed by atoms with Crippen LogP contribution in [0.2, 0.25) is 0 Å². The average molecular weight is 323 g/mol. The van der Waals surface area contributed by atoms with Crippen molar-refractivity contribution in [3.8, 4) is 0 Å². The van der Waals surface area contributed by atoms with Crippen molar-refractivity contribution in [1.82, 2.24) is 0 Å². The molecule has 8 heteroatoms. The highest BCUT2D eigenvalue weighted by atomic mass is 79.9. The van der Waals surface area contributed by atoms with E-state index in [2.05, 4.69) is 21.2 Å². The molecule has 0 aromatic heterocycles. The molecular formula is C10H12BrFN2O4. The highest BCUT2D eigenvalue weighted by Crippen LogP contribution is 2.30. The molecule has 0 bridgehead atoms. The number of nitrogens with zero attached hydrogens (tertiary/aromatic N) is 1. The predicted octanol–water partition coefficient (Wildman–Crippen LogP) is 2.53. The van der Waals surface area contributed by atoms with Gasteiger partial charge in [0.1, 0.15) is 11.5 Å². The number of hydrogen-bond donors (Lipinski definition) is 1. The minimum Gasteiger partial charge on any atom is -0.374 e. The number of anilines is 1. The van der Waals surface area contributed by atoms with Crippen LogP contribution in [0.5, 0.6) is 0 Å². The van der Waals surface area contributed by atoms with Gasteiger partial charge in [0.15, 0.2) is 6.29 Å². The Bertz CT molecular complexity index is 440. The molecule has 1 aromatic carbocycles. The van der Waals surface area contributed by atoms with Crippen molar-refractivity contribution < 1.29 is 18.8 Å². The molecule has 0 saturated carbocycles. The summed E-state index contributed by atoms with van der Waals surface area (Å²) in [4.78, 5) is 10.2. The molecule has 0 radical (unpaired) electrons. The van der Waals surface area contributed by atoms with Crippen LogP contribution in [0.3, 0.4) is 0 Å². The number of hydrogen-bond acceptors (Lipinski definition) is 5. The number of benzene rings is 1. The van der Waals surface area contributed by atoms with E-state index < -0.39 is 17.0 Å². The monoisotopic (exact) mass is 322 g/mol. The first-order valence-electron chi connectivity index (χ1n) is 4.92. The molecule has 0 unspecified atom stereocenters. The second-order valence-corrected chi connectivity index (χ2v) is 4.18. The Hall–Kier alpha value is -1.25.